The summed E-state index contributed by atoms with van der Waals surface area (Å²) in [6.45, 7) is 3.66. The maximum absolute atomic E-state index is 13.2. The number of halogens is 1. The van der Waals surface area contributed by atoms with Crippen LogP contribution in [0.15, 0.2) is 57.8 Å². The second-order valence-electron chi connectivity index (χ2n) is 8.20. The Morgan fingerprint density at radius 1 is 1.06 bits per heavy atom. The Labute approximate surface area is 204 Å². The van der Waals surface area contributed by atoms with Crippen molar-refractivity contribution in [2.24, 2.45) is 0 Å². The molecular formula is C24H27ClN4O4S. The molecule has 0 bridgehead atoms. The van der Waals surface area contributed by atoms with Crippen molar-refractivity contribution in [3.63, 3.8) is 0 Å². The lowest BCUT2D eigenvalue weighted by molar-refractivity contribution is 0.0728. The van der Waals surface area contributed by atoms with Gasteiger partial charge in [0.15, 0.2) is 0 Å². The van der Waals surface area contributed by atoms with Gasteiger partial charge in [0.1, 0.15) is 0 Å². The monoisotopic (exact) mass is 502 g/mol. The fraction of sp³-hybridized carbons (Fsp3) is 0.375. The molecule has 10 heteroatoms. The van der Waals surface area contributed by atoms with E-state index in [1.54, 1.807) is 29.2 Å². The number of sulfonamides is 1. The summed E-state index contributed by atoms with van der Waals surface area (Å²) >= 11 is 6.21. The van der Waals surface area contributed by atoms with E-state index >= 15 is 0 Å². The van der Waals surface area contributed by atoms with E-state index in [1.807, 2.05) is 19.1 Å². The van der Waals surface area contributed by atoms with Gasteiger partial charge in [-0.25, -0.2) is 8.42 Å². The molecule has 2 heterocycles. The molecular weight excluding hydrogens is 476 g/mol. The number of hydrogen-bond acceptors (Lipinski definition) is 6. The van der Waals surface area contributed by atoms with E-state index in [0.29, 0.717) is 41.7 Å². The number of rotatable bonds is 8. The molecule has 1 saturated heterocycles. The van der Waals surface area contributed by atoms with Gasteiger partial charge in [-0.3, -0.25) is 4.79 Å². The Morgan fingerprint density at radius 3 is 2.44 bits per heavy atom. The summed E-state index contributed by atoms with van der Waals surface area (Å²) in [7, 11) is -3.55. The van der Waals surface area contributed by atoms with Crippen LogP contribution in [0.3, 0.4) is 0 Å². The van der Waals surface area contributed by atoms with Gasteiger partial charge in [0.05, 0.1) is 22.0 Å². The van der Waals surface area contributed by atoms with E-state index in [-0.39, 0.29) is 23.2 Å². The molecule has 0 spiro atoms. The summed E-state index contributed by atoms with van der Waals surface area (Å²) in [6.07, 6.45) is 3.52. The molecule has 34 heavy (non-hydrogen) atoms. The smallest absolute Gasteiger partial charge is 0.254 e. The lowest BCUT2D eigenvalue weighted by atomic mass is 10.2. The van der Waals surface area contributed by atoms with Crippen molar-refractivity contribution in [3.05, 3.63) is 65.0 Å². The molecule has 1 aliphatic heterocycles. The van der Waals surface area contributed by atoms with Crippen molar-refractivity contribution >= 4 is 27.5 Å². The zero-order chi connectivity index (χ0) is 24.1. The molecule has 0 aliphatic carbocycles. The topological polar surface area (TPSA) is 96.6 Å². The molecule has 0 radical (unpaired) electrons. The summed E-state index contributed by atoms with van der Waals surface area (Å²) in [5, 5.41) is 8.64. The minimum atomic E-state index is -3.55. The van der Waals surface area contributed by atoms with Crippen LogP contribution in [0.4, 0.5) is 0 Å². The summed E-state index contributed by atoms with van der Waals surface area (Å²) < 4.78 is 33.0. The fourth-order valence-corrected chi connectivity index (χ4v) is 5.69. The zero-order valence-electron chi connectivity index (χ0n) is 19.0. The number of carbonyl (C=O) groups is 1. The highest BCUT2D eigenvalue weighted by molar-refractivity contribution is 7.89. The second-order valence-corrected chi connectivity index (χ2v) is 10.5. The summed E-state index contributed by atoms with van der Waals surface area (Å²) in [4.78, 5) is 15.0. The average molecular weight is 503 g/mol. The Morgan fingerprint density at radius 2 is 1.76 bits per heavy atom. The molecule has 8 nitrogen and oxygen atoms in total. The first-order valence-electron chi connectivity index (χ1n) is 11.4. The minimum absolute atomic E-state index is 0.137. The number of carbonyl (C=O) groups excluding carboxylic acids is 1. The third-order valence-corrected chi connectivity index (χ3v) is 7.97. The van der Waals surface area contributed by atoms with Crippen molar-refractivity contribution < 1.29 is 17.6 Å². The molecule has 2 aromatic carbocycles. The van der Waals surface area contributed by atoms with E-state index in [1.165, 1.54) is 16.4 Å². The standard InChI is InChI=1S/C24H27ClN4O4S/c1-2-14-28(17-22-26-27-23(33-22)20-8-4-5-9-21(20)25)24(30)18-10-12-19(13-11-18)34(31,32)29-15-6-3-7-16-29/h4-5,8-13H,2-3,6-7,14-17H2,1H3. The van der Waals surface area contributed by atoms with Gasteiger partial charge in [-0.2, -0.15) is 4.31 Å². The van der Waals surface area contributed by atoms with Crippen LogP contribution in [0.1, 0.15) is 48.9 Å². The molecule has 1 aliphatic rings. The molecule has 0 unspecified atom stereocenters. The quantitative estimate of drug-likeness (QED) is 0.446. The predicted octanol–water partition coefficient (Wildman–Crippen LogP) is 4.62. The number of hydrogen-bond donors (Lipinski definition) is 0. The first-order valence-corrected chi connectivity index (χ1v) is 13.2. The number of amides is 1. The van der Waals surface area contributed by atoms with Crippen molar-refractivity contribution in [1.82, 2.24) is 19.4 Å². The van der Waals surface area contributed by atoms with E-state index in [2.05, 4.69) is 10.2 Å². The summed E-state index contributed by atoms with van der Waals surface area (Å²) in [6, 6.07) is 13.3. The van der Waals surface area contributed by atoms with Gasteiger partial charge in [0.2, 0.25) is 21.8 Å². The van der Waals surface area contributed by atoms with E-state index < -0.39 is 10.0 Å². The SMILES string of the molecule is CCCN(Cc1nnc(-c2ccccc2Cl)o1)C(=O)c1ccc(S(=O)(=O)N2CCCCC2)cc1. The van der Waals surface area contributed by atoms with Crippen molar-refractivity contribution in [3.8, 4) is 11.5 Å². The van der Waals surface area contributed by atoms with E-state index in [0.717, 1.165) is 25.7 Å². The van der Waals surface area contributed by atoms with Gasteiger partial charge < -0.3 is 9.32 Å². The summed E-state index contributed by atoms with van der Waals surface area (Å²) in [5.74, 6) is 0.346. The van der Waals surface area contributed by atoms with Crippen LogP contribution in [0.25, 0.3) is 11.5 Å². The first-order chi connectivity index (χ1) is 16.4. The maximum atomic E-state index is 13.2. The third-order valence-electron chi connectivity index (χ3n) is 5.73. The van der Waals surface area contributed by atoms with Crippen molar-refractivity contribution in [2.75, 3.05) is 19.6 Å². The molecule has 0 N–H and O–H groups in total. The van der Waals surface area contributed by atoms with Crippen LogP contribution < -0.4 is 0 Å². The number of nitrogens with zero attached hydrogens (tertiary/aromatic N) is 4. The van der Waals surface area contributed by atoms with Crippen LogP contribution >= 0.6 is 11.6 Å². The normalized spacial score (nSPS) is 14.8. The predicted molar refractivity (Wildman–Crippen MR) is 129 cm³/mol. The van der Waals surface area contributed by atoms with Gasteiger partial charge in [0, 0.05) is 25.2 Å². The van der Waals surface area contributed by atoms with Crippen LogP contribution in [0.2, 0.25) is 5.02 Å². The molecule has 3 aromatic rings. The number of aromatic nitrogens is 2. The maximum Gasteiger partial charge on any atom is 0.254 e. The third kappa shape index (κ3) is 5.32. The van der Waals surface area contributed by atoms with Crippen molar-refractivity contribution in [1.29, 1.82) is 0 Å². The number of benzene rings is 2. The molecule has 0 saturated carbocycles. The van der Waals surface area contributed by atoms with E-state index in [9.17, 15) is 13.2 Å². The second kappa shape index (κ2) is 10.7. The molecule has 1 amide bonds. The molecule has 4 rings (SSSR count). The fourth-order valence-electron chi connectivity index (χ4n) is 3.95. The minimum Gasteiger partial charge on any atom is -0.419 e. The lowest BCUT2D eigenvalue weighted by Gasteiger charge is -2.26. The average Bonchev–Trinajstić information content (AvgIpc) is 3.32. The number of piperidine rings is 1. The molecule has 0 atom stereocenters. The van der Waals surface area contributed by atoms with Gasteiger partial charge in [-0.1, -0.05) is 37.1 Å². The van der Waals surface area contributed by atoms with Crippen LogP contribution in [-0.4, -0.2) is 53.4 Å². The van der Waals surface area contributed by atoms with Gasteiger partial charge in [-0.05, 0) is 55.7 Å². The van der Waals surface area contributed by atoms with Crippen LogP contribution in [-0.2, 0) is 16.6 Å². The largest absolute Gasteiger partial charge is 0.419 e. The highest BCUT2D eigenvalue weighted by Gasteiger charge is 2.26. The Kier molecular flexibility index (Phi) is 7.65. The Bertz CT molecular complexity index is 1240. The Balaban J connectivity index is 1.49. The van der Waals surface area contributed by atoms with Crippen molar-refractivity contribution in [2.45, 2.75) is 44.0 Å². The van der Waals surface area contributed by atoms with Crippen LogP contribution in [0.5, 0.6) is 0 Å². The summed E-state index contributed by atoms with van der Waals surface area (Å²) in [5.41, 5.74) is 1.03. The highest BCUT2D eigenvalue weighted by atomic mass is 35.5. The molecule has 1 fully saturated rings. The zero-order valence-corrected chi connectivity index (χ0v) is 20.6. The van der Waals surface area contributed by atoms with Gasteiger partial charge >= 0.3 is 0 Å². The van der Waals surface area contributed by atoms with Gasteiger partial charge in [-0.15, -0.1) is 10.2 Å². The Hall–Kier alpha value is -2.75. The highest BCUT2D eigenvalue weighted by Crippen LogP contribution is 2.27. The lowest BCUT2D eigenvalue weighted by Crippen LogP contribution is -2.35. The molecule has 1 aromatic heterocycles. The molecule has 180 valence electrons. The van der Waals surface area contributed by atoms with E-state index in [4.69, 9.17) is 16.0 Å². The van der Waals surface area contributed by atoms with Crippen LogP contribution in [0, 0.1) is 0 Å². The first kappa shape index (κ1) is 24.4. The van der Waals surface area contributed by atoms with Gasteiger partial charge in [0.25, 0.3) is 5.91 Å².